The van der Waals surface area contributed by atoms with E-state index in [0.717, 1.165) is 33.3 Å². The number of anilines is 1. The molecule has 0 unspecified atom stereocenters. The van der Waals surface area contributed by atoms with Gasteiger partial charge in [-0.2, -0.15) is 0 Å². The van der Waals surface area contributed by atoms with Gasteiger partial charge < -0.3 is 24.8 Å². The summed E-state index contributed by atoms with van der Waals surface area (Å²) in [7, 11) is 1.64. The number of amides is 1. The molecule has 3 rings (SSSR count). The summed E-state index contributed by atoms with van der Waals surface area (Å²) < 4.78 is 16.8. The zero-order chi connectivity index (χ0) is 24.0. The number of benzene rings is 3. The van der Waals surface area contributed by atoms with Gasteiger partial charge in [-0.05, 0) is 68.3 Å². The summed E-state index contributed by atoms with van der Waals surface area (Å²) >= 11 is 0. The van der Waals surface area contributed by atoms with E-state index in [-0.39, 0.29) is 6.61 Å². The van der Waals surface area contributed by atoms with Crippen molar-refractivity contribution in [1.82, 2.24) is 5.32 Å². The third-order valence-electron chi connectivity index (χ3n) is 4.84. The van der Waals surface area contributed by atoms with Crippen LogP contribution in [0, 0.1) is 6.92 Å². The lowest BCUT2D eigenvalue weighted by atomic mass is 10.0. The number of aryl methyl sites for hydroxylation is 1. The Bertz CT molecular complexity index is 1150. The fourth-order valence-electron chi connectivity index (χ4n) is 3.33. The van der Waals surface area contributed by atoms with E-state index >= 15 is 0 Å². The number of hydrogen-bond acceptors (Lipinski definition) is 5. The van der Waals surface area contributed by atoms with Crippen LogP contribution in [-0.4, -0.2) is 32.0 Å². The maximum Gasteiger partial charge on any atom is 0.407 e. The van der Waals surface area contributed by atoms with Gasteiger partial charge in [-0.1, -0.05) is 36.9 Å². The lowest BCUT2D eigenvalue weighted by Gasteiger charge is -2.20. The molecule has 3 aromatic rings. The van der Waals surface area contributed by atoms with Gasteiger partial charge >= 0.3 is 6.09 Å². The van der Waals surface area contributed by atoms with Gasteiger partial charge in [-0.25, -0.2) is 4.79 Å². The molecule has 0 aromatic heterocycles. The number of rotatable bonds is 8. The predicted molar refractivity (Wildman–Crippen MR) is 134 cm³/mol. The Labute approximate surface area is 195 Å². The Balaban J connectivity index is 1.78. The largest absolute Gasteiger partial charge is 0.495 e. The standard InChI is InChI=1S/C27H32N2O4/c1-18-11-12-23(25(15-18)31-6)29-19(2)22-16-20-9-7-8-10-21(20)17-24(22)32-14-13-28-26(30)33-27(3,4)5/h7-12,15-17,29H,2,13-14H2,1,3-6H3,(H,28,30). The molecule has 0 fully saturated rings. The molecule has 6 nitrogen and oxygen atoms in total. The zero-order valence-electron chi connectivity index (χ0n) is 20.0. The van der Waals surface area contributed by atoms with Crippen LogP contribution in [0.2, 0.25) is 0 Å². The third-order valence-corrected chi connectivity index (χ3v) is 4.84. The first-order chi connectivity index (χ1) is 15.7. The summed E-state index contributed by atoms with van der Waals surface area (Å²) in [6.45, 7) is 12.3. The Morgan fingerprint density at radius 3 is 2.36 bits per heavy atom. The molecule has 0 bridgehead atoms. The van der Waals surface area contributed by atoms with E-state index in [1.165, 1.54) is 0 Å². The first-order valence-corrected chi connectivity index (χ1v) is 10.9. The van der Waals surface area contributed by atoms with E-state index in [0.29, 0.717) is 18.0 Å². The first-order valence-electron chi connectivity index (χ1n) is 10.9. The molecule has 0 aliphatic rings. The van der Waals surface area contributed by atoms with Crippen molar-refractivity contribution < 1.29 is 19.0 Å². The lowest BCUT2D eigenvalue weighted by molar-refractivity contribution is 0.0520. The minimum absolute atomic E-state index is 0.283. The molecule has 6 heteroatoms. The molecule has 0 saturated heterocycles. The molecule has 2 N–H and O–H groups in total. The molecule has 33 heavy (non-hydrogen) atoms. The zero-order valence-corrected chi connectivity index (χ0v) is 20.0. The summed E-state index contributed by atoms with van der Waals surface area (Å²) in [5.41, 5.74) is 2.89. The van der Waals surface area contributed by atoms with Gasteiger partial charge in [0.2, 0.25) is 0 Å². The second kappa shape index (κ2) is 10.3. The van der Waals surface area contributed by atoms with E-state index in [1.54, 1.807) is 7.11 Å². The molecular formula is C27H32N2O4. The highest BCUT2D eigenvalue weighted by Crippen LogP contribution is 2.34. The molecule has 0 aliphatic heterocycles. The van der Waals surface area contributed by atoms with E-state index in [4.69, 9.17) is 14.2 Å². The maximum absolute atomic E-state index is 11.9. The van der Waals surface area contributed by atoms with Gasteiger partial charge in [-0.15, -0.1) is 0 Å². The first kappa shape index (κ1) is 24.0. The molecule has 3 aromatic carbocycles. The summed E-state index contributed by atoms with van der Waals surface area (Å²) in [6.07, 6.45) is -0.470. The SMILES string of the molecule is C=C(Nc1ccc(C)cc1OC)c1cc2ccccc2cc1OCCNC(=O)OC(C)(C)C. The normalized spacial score (nSPS) is 11.1. The van der Waals surface area contributed by atoms with Gasteiger partial charge in [0, 0.05) is 11.3 Å². The third kappa shape index (κ3) is 6.65. The Hall–Kier alpha value is -3.67. The molecule has 0 aliphatic carbocycles. The number of fused-ring (bicyclic) bond motifs is 1. The quantitative estimate of drug-likeness (QED) is 0.405. The number of alkyl carbamates (subject to hydrolysis) is 1. The Morgan fingerprint density at radius 2 is 1.70 bits per heavy atom. The number of hydrogen-bond donors (Lipinski definition) is 2. The fourth-order valence-corrected chi connectivity index (χ4v) is 3.33. The number of carbonyl (C=O) groups is 1. The predicted octanol–water partition coefficient (Wildman–Crippen LogP) is 6.14. The van der Waals surface area contributed by atoms with Crippen molar-refractivity contribution in [1.29, 1.82) is 0 Å². The van der Waals surface area contributed by atoms with Crippen molar-refractivity contribution in [2.24, 2.45) is 0 Å². The summed E-state index contributed by atoms with van der Waals surface area (Å²) in [4.78, 5) is 11.9. The Morgan fingerprint density at radius 1 is 1.00 bits per heavy atom. The van der Waals surface area contributed by atoms with Crippen LogP contribution in [-0.2, 0) is 4.74 Å². The number of methoxy groups -OCH3 is 1. The van der Waals surface area contributed by atoms with Crippen LogP contribution in [0.3, 0.4) is 0 Å². The summed E-state index contributed by atoms with van der Waals surface area (Å²) in [5.74, 6) is 1.41. The minimum Gasteiger partial charge on any atom is -0.495 e. The van der Waals surface area contributed by atoms with Crippen molar-refractivity contribution in [3.63, 3.8) is 0 Å². The van der Waals surface area contributed by atoms with Gasteiger partial charge in [0.1, 0.15) is 23.7 Å². The van der Waals surface area contributed by atoms with Crippen molar-refractivity contribution in [3.8, 4) is 11.5 Å². The average molecular weight is 449 g/mol. The van der Waals surface area contributed by atoms with E-state index in [1.807, 2.05) is 82.3 Å². The van der Waals surface area contributed by atoms with Crippen LogP contribution in [0.5, 0.6) is 11.5 Å². The smallest absolute Gasteiger partial charge is 0.407 e. The number of carbonyl (C=O) groups excluding carboxylic acids is 1. The van der Waals surface area contributed by atoms with Gasteiger partial charge in [0.25, 0.3) is 0 Å². The monoisotopic (exact) mass is 448 g/mol. The molecule has 0 heterocycles. The van der Waals surface area contributed by atoms with Gasteiger partial charge in [0.05, 0.1) is 19.3 Å². The second-order valence-electron chi connectivity index (χ2n) is 8.78. The average Bonchev–Trinajstić information content (AvgIpc) is 2.76. The molecule has 1 amide bonds. The van der Waals surface area contributed by atoms with E-state index < -0.39 is 11.7 Å². The van der Waals surface area contributed by atoms with Crippen LogP contribution in [0.25, 0.3) is 16.5 Å². The number of nitrogens with one attached hydrogen (secondary N) is 2. The lowest BCUT2D eigenvalue weighted by Crippen LogP contribution is -2.34. The highest BCUT2D eigenvalue weighted by molar-refractivity contribution is 5.91. The van der Waals surface area contributed by atoms with Crippen molar-refractivity contribution in [2.45, 2.75) is 33.3 Å². The van der Waals surface area contributed by atoms with Crippen molar-refractivity contribution in [3.05, 3.63) is 72.3 Å². The number of ether oxygens (including phenoxy) is 3. The van der Waals surface area contributed by atoms with E-state index in [2.05, 4.69) is 17.2 Å². The van der Waals surface area contributed by atoms with Crippen LogP contribution in [0.4, 0.5) is 10.5 Å². The molecule has 0 radical (unpaired) electrons. The van der Waals surface area contributed by atoms with Crippen molar-refractivity contribution in [2.75, 3.05) is 25.6 Å². The summed E-state index contributed by atoms with van der Waals surface area (Å²) in [6, 6.07) is 18.0. The van der Waals surface area contributed by atoms with Gasteiger partial charge in [-0.3, -0.25) is 0 Å². The molecule has 174 valence electrons. The molecular weight excluding hydrogens is 416 g/mol. The topological polar surface area (TPSA) is 68.8 Å². The summed E-state index contributed by atoms with van der Waals surface area (Å²) in [5, 5.41) is 8.20. The Kier molecular flexibility index (Phi) is 7.48. The van der Waals surface area contributed by atoms with Crippen LogP contribution in [0.15, 0.2) is 61.2 Å². The van der Waals surface area contributed by atoms with Crippen LogP contribution < -0.4 is 20.1 Å². The molecule has 0 atom stereocenters. The van der Waals surface area contributed by atoms with Gasteiger partial charge in [0.15, 0.2) is 0 Å². The highest BCUT2D eigenvalue weighted by Gasteiger charge is 2.16. The van der Waals surface area contributed by atoms with E-state index in [9.17, 15) is 4.79 Å². The molecule has 0 spiro atoms. The van der Waals surface area contributed by atoms with Crippen LogP contribution in [0.1, 0.15) is 31.9 Å². The van der Waals surface area contributed by atoms with Crippen LogP contribution >= 0.6 is 0 Å². The fraction of sp³-hybridized carbons (Fsp3) is 0.296. The second-order valence-corrected chi connectivity index (χ2v) is 8.78. The maximum atomic E-state index is 11.9. The minimum atomic E-state index is -0.545. The molecule has 0 saturated carbocycles. The van der Waals surface area contributed by atoms with Crippen molar-refractivity contribution >= 4 is 28.3 Å². The highest BCUT2D eigenvalue weighted by atomic mass is 16.6.